The normalized spacial score (nSPS) is 21.4. The van der Waals surface area contributed by atoms with Gasteiger partial charge in [0, 0.05) is 43.5 Å². The summed E-state index contributed by atoms with van der Waals surface area (Å²) < 4.78 is 34.3. The predicted octanol–water partition coefficient (Wildman–Crippen LogP) is 3.41. The fourth-order valence-electron chi connectivity index (χ4n) is 3.27. The number of rotatable bonds is 7. The van der Waals surface area contributed by atoms with Crippen molar-refractivity contribution in [3.8, 4) is 5.88 Å². The van der Waals surface area contributed by atoms with Crippen molar-refractivity contribution < 1.29 is 17.9 Å². The van der Waals surface area contributed by atoms with Crippen molar-refractivity contribution in [3.63, 3.8) is 0 Å². The molecule has 1 aliphatic rings. The maximum Gasteiger partial charge on any atom is 0.223 e. The molecular weight excluding hydrogens is 406 g/mol. The standard InChI is InChI=1S/C17H20ClN5O4S/c1-17(9-26-2,22-23-19)14-8-21-16(13-7-20-15(18)6-12(13)14)27-10-4-11(5-10)28(3,24)25/h6-8,10-11H,4-5,9H2,1-3H3/t10-,11+,17?. The molecule has 0 aliphatic heterocycles. The molecule has 2 aromatic rings. The third kappa shape index (κ3) is 4.00. The molecule has 11 heteroatoms. The van der Waals surface area contributed by atoms with Crippen LogP contribution in [-0.4, -0.2) is 49.7 Å². The van der Waals surface area contributed by atoms with Crippen LogP contribution in [0.2, 0.25) is 5.15 Å². The molecule has 0 N–H and O–H groups in total. The van der Waals surface area contributed by atoms with Crippen LogP contribution >= 0.6 is 11.6 Å². The Balaban J connectivity index is 2.00. The lowest BCUT2D eigenvalue weighted by atomic mass is 9.91. The van der Waals surface area contributed by atoms with Crippen LogP contribution in [0.5, 0.6) is 5.88 Å². The highest BCUT2D eigenvalue weighted by molar-refractivity contribution is 7.91. The smallest absolute Gasteiger partial charge is 0.223 e. The first-order valence-corrected chi connectivity index (χ1v) is 10.9. The number of methoxy groups -OCH3 is 1. The minimum Gasteiger partial charge on any atom is -0.474 e. The summed E-state index contributed by atoms with van der Waals surface area (Å²) in [5.41, 5.74) is 8.61. The van der Waals surface area contributed by atoms with Crippen molar-refractivity contribution in [2.24, 2.45) is 5.11 Å². The maximum atomic E-state index is 11.6. The molecule has 3 rings (SSSR count). The largest absolute Gasteiger partial charge is 0.474 e. The summed E-state index contributed by atoms with van der Waals surface area (Å²) in [7, 11) is -1.55. The van der Waals surface area contributed by atoms with E-state index in [0.717, 1.165) is 0 Å². The molecule has 0 bridgehead atoms. The molecule has 1 saturated carbocycles. The Morgan fingerprint density at radius 1 is 1.36 bits per heavy atom. The summed E-state index contributed by atoms with van der Waals surface area (Å²) in [6, 6.07) is 1.65. The fraction of sp³-hybridized carbons (Fsp3) is 0.529. The van der Waals surface area contributed by atoms with E-state index in [2.05, 4.69) is 20.0 Å². The van der Waals surface area contributed by atoms with Gasteiger partial charge in [-0.1, -0.05) is 16.7 Å². The molecule has 0 saturated heterocycles. The van der Waals surface area contributed by atoms with E-state index in [9.17, 15) is 8.42 Å². The SMILES string of the molecule is COCC(C)(N=[N+]=[N-])c1cnc(O[C@H]2C[C@@H](S(C)(=O)=O)C2)c2cnc(Cl)cc12. The number of azide groups is 1. The second-order valence-electron chi connectivity index (χ2n) is 7.09. The first kappa shape index (κ1) is 20.6. The number of ether oxygens (including phenoxy) is 2. The van der Waals surface area contributed by atoms with Gasteiger partial charge in [-0.2, -0.15) is 0 Å². The quantitative estimate of drug-likeness (QED) is 0.289. The second kappa shape index (κ2) is 7.71. The van der Waals surface area contributed by atoms with Gasteiger partial charge >= 0.3 is 0 Å². The molecule has 1 unspecified atom stereocenters. The Kier molecular flexibility index (Phi) is 5.67. The fourth-order valence-corrected chi connectivity index (χ4v) is 4.56. The Morgan fingerprint density at radius 3 is 2.68 bits per heavy atom. The molecule has 150 valence electrons. The van der Waals surface area contributed by atoms with Crippen LogP contribution in [0.3, 0.4) is 0 Å². The molecule has 0 amide bonds. The van der Waals surface area contributed by atoms with Crippen molar-refractivity contribution in [2.45, 2.75) is 36.7 Å². The predicted molar refractivity (Wildman–Crippen MR) is 105 cm³/mol. The zero-order valence-corrected chi connectivity index (χ0v) is 17.2. The van der Waals surface area contributed by atoms with Crippen LogP contribution in [0.1, 0.15) is 25.3 Å². The third-order valence-corrected chi connectivity index (χ3v) is 6.71. The molecule has 9 nitrogen and oxygen atoms in total. The third-order valence-electron chi connectivity index (χ3n) is 4.91. The zero-order chi connectivity index (χ0) is 20.5. The highest BCUT2D eigenvalue weighted by atomic mass is 35.5. The van der Waals surface area contributed by atoms with E-state index < -0.39 is 15.4 Å². The number of fused-ring (bicyclic) bond motifs is 1. The Bertz CT molecular complexity index is 1050. The van der Waals surface area contributed by atoms with Crippen LogP contribution in [-0.2, 0) is 20.1 Å². The number of sulfone groups is 1. The van der Waals surface area contributed by atoms with E-state index in [1.807, 2.05) is 0 Å². The van der Waals surface area contributed by atoms with Gasteiger partial charge in [0.1, 0.15) is 11.3 Å². The van der Waals surface area contributed by atoms with Gasteiger partial charge in [0.25, 0.3) is 0 Å². The van der Waals surface area contributed by atoms with E-state index in [4.69, 9.17) is 26.6 Å². The summed E-state index contributed by atoms with van der Waals surface area (Å²) in [5.74, 6) is 0.334. The van der Waals surface area contributed by atoms with Crippen molar-refractivity contribution in [1.29, 1.82) is 0 Å². The van der Waals surface area contributed by atoms with Crippen molar-refractivity contribution >= 4 is 32.2 Å². The summed E-state index contributed by atoms with van der Waals surface area (Å²) in [6.45, 7) is 1.89. The summed E-state index contributed by atoms with van der Waals surface area (Å²) in [5, 5.41) is 5.06. The number of hydrogen-bond donors (Lipinski definition) is 0. The van der Waals surface area contributed by atoms with Crippen LogP contribution in [0.4, 0.5) is 0 Å². The van der Waals surface area contributed by atoms with E-state index in [1.165, 1.54) is 13.4 Å². The average molecular weight is 426 g/mol. The topological polar surface area (TPSA) is 127 Å². The lowest BCUT2D eigenvalue weighted by Crippen LogP contribution is -2.42. The highest BCUT2D eigenvalue weighted by Crippen LogP contribution is 2.38. The van der Waals surface area contributed by atoms with E-state index in [-0.39, 0.29) is 23.1 Å². The number of halogens is 1. The monoisotopic (exact) mass is 425 g/mol. The highest BCUT2D eigenvalue weighted by Gasteiger charge is 2.38. The minimum absolute atomic E-state index is 0.145. The Hall–Kier alpha value is -2.13. The van der Waals surface area contributed by atoms with Crippen molar-refractivity contribution in [1.82, 2.24) is 9.97 Å². The molecule has 2 aromatic heterocycles. The first-order valence-electron chi connectivity index (χ1n) is 8.53. The lowest BCUT2D eigenvalue weighted by Gasteiger charge is -2.34. The molecule has 0 radical (unpaired) electrons. The second-order valence-corrected chi connectivity index (χ2v) is 9.80. The Morgan fingerprint density at radius 2 is 2.07 bits per heavy atom. The molecule has 28 heavy (non-hydrogen) atoms. The summed E-state index contributed by atoms with van der Waals surface area (Å²) >= 11 is 6.09. The molecule has 0 aromatic carbocycles. The average Bonchev–Trinajstić information content (AvgIpc) is 2.56. The maximum absolute atomic E-state index is 11.6. The molecular formula is C17H20ClN5O4S. The molecule has 1 fully saturated rings. The minimum atomic E-state index is -3.07. The van der Waals surface area contributed by atoms with Crippen LogP contribution in [0.15, 0.2) is 23.6 Å². The summed E-state index contributed by atoms with van der Waals surface area (Å²) in [6.07, 6.45) is 4.94. The first-order chi connectivity index (χ1) is 13.2. The molecule has 0 spiro atoms. The van der Waals surface area contributed by atoms with Gasteiger partial charge in [-0.15, -0.1) is 0 Å². The van der Waals surface area contributed by atoms with Crippen LogP contribution in [0, 0.1) is 0 Å². The lowest BCUT2D eigenvalue weighted by molar-refractivity contribution is 0.119. The number of aromatic nitrogens is 2. The number of hydrogen-bond acceptors (Lipinski definition) is 7. The Labute approximate surface area is 167 Å². The number of nitrogens with zero attached hydrogens (tertiary/aromatic N) is 5. The van der Waals surface area contributed by atoms with Crippen LogP contribution in [0.25, 0.3) is 21.2 Å². The van der Waals surface area contributed by atoms with Gasteiger partial charge in [-0.25, -0.2) is 18.4 Å². The molecule has 1 aliphatic carbocycles. The van der Waals surface area contributed by atoms with Crippen molar-refractivity contribution in [3.05, 3.63) is 39.6 Å². The van der Waals surface area contributed by atoms with Gasteiger partial charge in [0.2, 0.25) is 5.88 Å². The zero-order valence-electron chi connectivity index (χ0n) is 15.7. The van der Waals surface area contributed by atoms with E-state index in [0.29, 0.717) is 35.1 Å². The van der Waals surface area contributed by atoms with Gasteiger partial charge in [-0.05, 0) is 29.5 Å². The van der Waals surface area contributed by atoms with E-state index >= 15 is 0 Å². The number of pyridine rings is 2. The van der Waals surface area contributed by atoms with Gasteiger partial charge in [0.05, 0.1) is 22.8 Å². The van der Waals surface area contributed by atoms with Gasteiger partial charge in [0.15, 0.2) is 9.84 Å². The van der Waals surface area contributed by atoms with Crippen molar-refractivity contribution in [2.75, 3.05) is 20.0 Å². The van der Waals surface area contributed by atoms with Gasteiger partial charge in [-0.3, -0.25) is 0 Å². The van der Waals surface area contributed by atoms with E-state index in [1.54, 1.807) is 25.4 Å². The molecule has 1 atom stereocenters. The summed E-state index contributed by atoms with van der Waals surface area (Å²) in [4.78, 5) is 11.4. The molecule has 2 heterocycles. The van der Waals surface area contributed by atoms with Crippen LogP contribution < -0.4 is 4.74 Å². The van der Waals surface area contributed by atoms with Gasteiger partial charge < -0.3 is 9.47 Å².